The van der Waals surface area contributed by atoms with Crippen LogP contribution in [0.5, 0.6) is 0 Å². The molecule has 0 saturated carbocycles. The first kappa shape index (κ1) is 11.4. The highest BCUT2D eigenvalue weighted by atomic mass is 19.1. The first-order valence-corrected chi connectivity index (χ1v) is 5.20. The molecule has 0 fully saturated rings. The van der Waals surface area contributed by atoms with Crippen LogP contribution in [0.4, 0.5) is 4.39 Å². The van der Waals surface area contributed by atoms with E-state index in [0.717, 1.165) is 11.3 Å². The summed E-state index contributed by atoms with van der Waals surface area (Å²) in [4.78, 5) is 0. The molecule has 17 heavy (non-hydrogen) atoms. The van der Waals surface area contributed by atoms with Gasteiger partial charge in [-0.15, -0.1) is 0 Å². The number of nitrogens with one attached hydrogen (secondary N) is 1. The number of nitrogens with zero attached hydrogens (tertiary/aromatic N) is 1. The van der Waals surface area contributed by atoms with E-state index in [4.69, 9.17) is 9.68 Å². The van der Waals surface area contributed by atoms with Gasteiger partial charge in [0.05, 0.1) is 24.4 Å². The third-order valence-corrected chi connectivity index (χ3v) is 2.30. The van der Waals surface area contributed by atoms with Crippen molar-refractivity contribution < 1.29 is 8.81 Å². The van der Waals surface area contributed by atoms with Gasteiger partial charge in [0.2, 0.25) is 0 Å². The van der Waals surface area contributed by atoms with Crippen LogP contribution < -0.4 is 5.32 Å². The van der Waals surface area contributed by atoms with Crippen LogP contribution in [0.2, 0.25) is 0 Å². The summed E-state index contributed by atoms with van der Waals surface area (Å²) in [6.07, 6.45) is 1.60. The van der Waals surface area contributed by atoms with Gasteiger partial charge in [-0.3, -0.25) is 0 Å². The van der Waals surface area contributed by atoms with Crippen molar-refractivity contribution in [3.05, 3.63) is 59.3 Å². The lowest BCUT2D eigenvalue weighted by atomic mass is 10.1. The van der Waals surface area contributed by atoms with E-state index >= 15 is 0 Å². The van der Waals surface area contributed by atoms with Gasteiger partial charge >= 0.3 is 0 Å². The van der Waals surface area contributed by atoms with Gasteiger partial charge in [0.1, 0.15) is 11.6 Å². The predicted molar refractivity (Wildman–Crippen MR) is 60.4 cm³/mol. The fraction of sp³-hybridized carbons (Fsp3) is 0.154. The molecule has 3 nitrogen and oxygen atoms in total. The summed E-state index contributed by atoms with van der Waals surface area (Å²) in [6, 6.07) is 9.89. The Bertz CT molecular complexity index is 529. The summed E-state index contributed by atoms with van der Waals surface area (Å²) in [7, 11) is 0. The van der Waals surface area contributed by atoms with Crippen molar-refractivity contribution in [1.82, 2.24) is 5.32 Å². The number of halogens is 1. The third-order valence-electron chi connectivity index (χ3n) is 2.30. The standard InChI is InChI=1S/C13H11FN2O/c14-12-5-10(7-15)4-11(6-12)8-16-9-13-2-1-3-17-13/h1-6,16H,8-9H2. The van der Waals surface area contributed by atoms with E-state index in [0.29, 0.717) is 18.7 Å². The van der Waals surface area contributed by atoms with Gasteiger partial charge in [-0.1, -0.05) is 0 Å². The normalized spacial score (nSPS) is 10.1. The Balaban J connectivity index is 1.95. The van der Waals surface area contributed by atoms with Crippen molar-refractivity contribution in [2.45, 2.75) is 13.1 Å². The van der Waals surface area contributed by atoms with Gasteiger partial charge in [0.15, 0.2) is 0 Å². The minimum atomic E-state index is -0.390. The highest BCUT2D eigenvalue weighted by Gasteiger charge is 2.01. The molecule has 0 spiro atoms. The van der Waals surface area contributed by atoms with E-state index in [1.807, 2.05) is 18.2 Å². The predicted octanol–water partition coefficient (Wildman–Crippen LogP) is 2.58. The molecule has 1 aromatic heterocycles. The molecule has 0 saturated heterocycles. The molecule has 0 unspecified atom stereocenters. The average molecular weight is 230 g/mol. The van der Waals surface area contributed by atoms with Crippen LogP contribution in [-0.4, -0.2) is 0 Å². The van der Waals surface area contributed by atoms with E-state index in [2.05, 4.69) is 5.32 Å². The molecule has 2 aromatic rings. The summed E-state index contributed by atoms with van der Waals surface area (Å²) >= 11 is 0. The number of furan rings is 1. The Morgan fingerprint density at radius 2 is 2.18 bits per heavy atom. The molecule has 0 aliphatic carbocycles. The van der Waals surface area contributed by atoms with Crippen molar-refractivity contribution >= 4 is 0 Å². The van der Waals surface area contributed by atoms with Gasteiger partial charge in [0.25, 0.3) is 0 Å². The van der Waals surface area contributed by atoms with Crippen LogP contribution in [0.1, 0.15) is 16.9 Å². The summed E-state index contributed by atoms with van der Waals surface area (Å²) in [5.74, 6) is 0.431. The zero-order valence-electron chi connectivity index (χ0n) is 9.11. The monoisotopic (exact) mass is 230 g/mol. The van der Waals surface area contributed by atoms with Crippen molar-refractivity contribution in [2.24, 2.45) is 0 Å². The topological polar surface area (TPSA) is 49.0 Å². The molecule has 1 aromatic carbocycles. The maximum atomic E-state index is 13.1. The van der Waals surface area contributed by atoms with E-state index < -0.39 is 0 Å². The number of nitriles is 1. The first-order chi connectivity index (χ1) is 8.28. The second kappa shape index (κ2) is 5.28. The van der Waals surface area contributed by atoms with Crippen molar-refractivity contribution in [2.75, 3.05) is 0 Å². The number of benzene rings is 1. The highest BCUT2D eigenvalue weighted by molar-refractivity contribution is 5.33. The van der Waals surface area contributed by atoms with Gasteiger partial charge in [-0.05, 0) is 35.9 Å². The summed E-state index contributed by atoms with van der Waals surface area (Å²) in [5, 5.41) is 11.8. The lowest BCUT2D eigenvalue weighted by Crippen LogP contribution is -2.12. The molecule has 0 bridgehead atoms. The Morgan fingerprint density at radius 3 is 2.88 bits per heavy atom. The zero-order valence-corrected chi connectivity index (χ0v) is 9.11. The van der Waals surface area contributed by atoms with Crippen LogP contribution in [-0.2, 0) is 13.1 Å². The largest absolute Gasteiger partial charge is 0.468 e. The molecule has 2 rings (SSSR count). The molecule has 4 heteroatoms. The molecule has 0 radical (unpaired) electrons. The minimum Gasteiger partial charge on any atom is -0.468 e. The molecular formula is C13H11FN2O. The van der Waals surface area contributed by atoms with Crippen molar-refractivity contribution in [1.29, 1.82) is 5.26 Å². The van der Waals surface area contributed by atoms with Crippen molar-refractivity contribution in [3.63, 3.8) is 0 Å². The quantitative estimate of drug-likeness (QED) is 0.878. The van der Waals surface area contributed by atoms with Crippen molar-refractivity contribution in [3.8, 4) is 6.07 Å². The number of hydrogen-bond donors (Lipinski definition) is 1. The lowest BCUT2D eigenvalue weighted by Gasteiger charge is -2.04. The molecule has 0 aliphatic heterocycles. The van der Waals surface area contributed by atoms with E-state index in [-0.39, 0.29) is 5.82 Å². The molecule has 0 aliphatic rings. The first-order valence-electron chi connectivity index (χ1n) is 5.20. The van der Waals surface area contributed by atoms with Gasteiger partial charge in [-0.25, -0.2) is 4.39 Å². The Labute approximate surface area is 98.5 Å². The Morgan fingerprint density at radius 1 is 1.29 bits per heavy atom. The van der Waals surface area contributed by atoms with Crippen LogP contribution in [0, 0.1) is 17.1 Å². The van der Waals surface area contributed by atoms with Crippen LogP contribution in [0.15, 0.2) is 41.0 Å². The summed E-state index contributed by atoms with van der Waals surface area (Å²) in [5.41, 5.74) is 1.08. The van der Waals surface area contributed by atoms with E-state index in [9.17, 15) is 4.39 Å². The molecule has 1 N–H and O–H groups in total. The molecule has 0 amide bonds. The lowest BCUT2D eigenvalue weighted by molar-refractivity contribution is 0.482. The van der Waals surface area contributed by atoms with Gasteiger partial charge in [-0.2, -0.15) is 5.26 Å². The highest BCUT2D eigenvalue weighted by Crippen LogP contribution is 2.08. The van der Waals surface area contributed by atoms with Crippen LogP contribution in [0.25, 0.3) is 0 Å². The Kier molecular flexibility index (Phi) is 3.53. The summed E-state index contributed by atoms with van der Waals surface area (Å²) < 4.78 is 18.3. The fourth-order valence-electron chi connectivity index (χ4n) is 1.56. The number of hydrogen-bond acceptors (Lipinski definition) is 3. The molecule has 1 heterocycles. The van der Waals surface area contributed by atoms with Crippen LogP contribution >= 0.6 is 0 Å². The minimum absolute atomic E-state index is 0.333. The zero-order chi connectivity index (χ0) is 12.1. The molecule has 86 valence electrons. The number of rotatable bonds is 4. The Hall–Kier alpha value is -2.12. The fourth-order valence-corrected chi connectivity index (χ4v) is 1.56. The van der Waals surface area contributed by atoms with Gasteiger partial charge in [0, 0.05) is 6.54 Å². The third kappa shape index (κ3) is 3.16. The van der Waals surface area contributed by atoms with Gasteiger partial charge < -0.3 is 9.73 Å². The summed E-state index contributed by atoms with van der Waals surface area (Å²) in [6.45, 7) is 1.07. The maximum Gasteiger partial charge on any atom is 0.124 e. The average Bonchev–Trinajstić information content (AvgIpc) is 2.81. The second-order valence-electron chi connectivity index (χ2n) is 3.64. The van der Waals surface area contributed by atoms with E-state index in [1.165, 1.54) is 12.1 Å². The van der Waals surface area contributed by atoms with Crippen LogP contribution in [0.3, 0.4) is 0 Å². The molecule has 0 atom stereocenters. The maximum absolute atomic E-state index is 13.1. The molecular weight excluding hydrogens is 219 g/mol. The smallest absolute Gasteiger partial charge is 0.124 e. The van der Waals surface area contributed by atoms with E-state index in [1.54, 1.807) is 12.3 Å². The SMILES string of the molecule is N#Cc1cc(F)cc(CNCc2ccco2)c1. The second-order valence-corrected chi connectivity index (χ2v) is 3.64.